The minimum Gasteiger partial charge on any atom is -0.369 e. The molecule has 0 aliphatic carbocycles. The number of halogens is 1. The van der Waals surface area contributed by atoms with Crippen molar-refractivity contribution in [3.63, 3.8) is 0 Å². The summed E-state index contributed by atoms with van der Waals surface area (Å²) in [6.45, 7) is 8.25. The van der Waals surface area contributed by atoms with E-state index >= 15 is 0 Å². The van der Waals surface area contributed by atoms with Gasteiger partial charge in [0.25, 0.3) is 0 Å². The maximum absolute atomic E-state index is 12.0. The van der Waals surface area contributed by atoms with Crippen LogP contribution < -0.4 is 5.32 Å². The van der Waals surface area contributed by atoms with Crippen molar-refractivity contribution in [3.05, 3.63) is 0 Å². The molecule has 4 nitrogen and oxygen atoms in total. The fourth-order valence-corrected chi connectivity index (χ4v) is 2.80. The molecule has 106 valence electrons. The van der Waals surface area contributed by atoms with Crippen LogP contribution in [0.2, 0.25) is 0 Å². The van der Waals surface area contributed by atoms with Crippen molar-refractivity contribution in [3.8, 4) is 0 Å². The van der Waals surface area contributed by atoms with Gasteiger partial charge < -0.3 is 15.0 Å². The minimum atomic E-state index is 0. The SMILES string of the molecule is CC(C)OCC(=O)N1CC[C@@H]2CNC[C@@H]2CC1.Cl. The van der Waals surface area contributed by atoms with E-state index in [1.807, 2.05) is 18.7 Å². The maximum Gasteiger partial charge on any atom is 0.248 e. The summed E-state index contributed by atoms with van der Waals surface area (Å²) >= 11 is 0. The summed E-state index contributed by atoms with van der Waals surface area (Å²) in [4.78, 5) is 13.9. The highest BCUT2D eigenvalue weighted by molar-refractivity contribution is 5.85. The molecule has 0 aromatic rings. The van der Waals surface area contributed by atoms with Gasteiger partial charge in [0.1, 0.15) is 6.61 Å². The zero-order chi connectivity index (χ0) is 12.3. The summed E-state index contributed by atoms with van der Waals surface area (Å²) < 4.78 is 5.39. The van der Waals surface area contributed by atoms with E-state index in [9.17, 15) is 4.79 Å². The van der Waals surface area contributed by atoms with E-state index in [1.165, 1.54) is 0 Å². The summed E-state index contributed by atoms with van der Waals surface area (Å²) in [5.74, 6) is 1.71. The van der Waals surface area contributed by atoms with Crippen LogP contribution in [0, 0.1) is 11.8 Å². The minimum absolute atomic E-state index is 0. The number of likely N-dealkylation sites (tertiary alicyclic amines) is 1. The molecular weight excluding hydrogens is 252 g/mol. The van der Waals surface area contributed by atoms with Gasteiger partial charge >= 0.3 is 0 Å². The Morgan fingerprint density at radius 1 is 1.28 bits per heavy atom. The molecule has 2 fully saturated rings. The number of fused-ring (bicyclic) bond motifs is 1. The van der Waals surface area contributed by atoms with Crippen molar-refractivity contribution in [2.75, 3.05) is 32.8 Å². The van der Waals surface area contributed by atoms with Gasteiger partial charge in [-0.2, -0.15) is 0 Å². The smallest absolute Gasteiger partial charge is 0.248 e. The molecule has 2 rings (SSSR count). The Morgan fingerprint density at radius 3 is 2.33 bits per heavy atom. The molecule has 18 heavy (non-hydrogen) atoms. The molecule has 0 saturated carbocycles. The van der Waals surface area contributed by atoms with Crippen molar-refractivity contribution in [2.24, 2.45) is 11.8 Å². The predicted octanol–water partition coefficient (Wildman–Crippen LogP) is 1.29. The lowest BCUT2D eigenvalue weighted by molar-refractivity contribution is -0.137. The van der Waals surface area contributed by atoms with Crippen molar-refractivity contribution in [2.45, 2.75) is 32.8 Å². The maximum atomic E-state index is 12.0. The van der Waals surface area contributed by atoms with Crippen LogP contribution >= 0.6 is 12.4 Å². The number of nitrogens with zero attached hydrogens (tertiary/aromatic N) is 1. The van der Waals surface area contributed by atoms with Crippen LogP contribution in [0.25, 0.3) is 0 Å². The average molecular weight is 277 g/mol. The second kappa shape index (κ2) is 7.31. The summed E-state index contributed by atoms with van der Waals surface area (Å²) in [5.41, 5.74) is 0. The van der Waals surface area contributed by atoms with Crippen LogP contribution in [0.3, 0.4) is 0 Å². The van der Waals surface area contributed by atoms with Crippen LogP contribution in [0.1, 0.15) is 26.7 Å². The zero-order valence-corrected chi connectivity index (χ0v) is 12.2. The van der Waals surface area contributed by atoms with Gasteiger partial charge in [0.15, 0.2) is 0 Å². The van der Waals surface area contributed by atoms with E-state index in [-0.39, 0.29) is 31.0 Å². The third kappa shape index (κ3) is 4.11. The Hall–Kier alpha value is -0.320. The van der Waals surface area contributed by atoms with Gasteiger partial charge in [-0.05, 0) is 51.6 Å². The molecule has 0 aromatic carbocycles. The second-order valence-electron chi connectivity index (χ2n) is 5.50. The average Bonchev–Trinajstić information content (AvgIpc) is 2.65. The lowest BCUT2D eigenvalue weighted by Crippen LogP contribution is -2.36. The van der Waals surface area contributed by atoms with Crippen molar-refractivity contribution < 1.29 is 9.53 Å². The Balaban J connectivity index is 0.00000162. The van der Waals surface area contributed by atoms with Gasteiger partial charge in [0.05, 0.1) is 6.10 Å². The first-order valence-corrected chi connectivity index (χ1v) is 6.77. The number of hydrogen-bond donors (Lipinski definition) is 1. The van der Waals surface area contributed by atoms with Crippen LogP contribution in [0.4, 0.5) is 0 Å². The van der Waals surface area contributed by atoms with Crippen LogP contribution in [0.15, 0.2) is 0 Å². The summed E-state index contributed by atoms with van der Waals surface area (Å²) in [7, 11) is 0. The van der Waals surface area contributed by atoms with Crippen molar-refractivity contribution >= 4 is 18.3 Å². The highest BCUT2D eigenvalue weighted by Crippen LogP contribution is 2.27. The van der Waals surface area contributed by atoms with Gasteiger partial charge in [-0.1, -0.05) is 0 Å². The first kappa shape index (κ1) is 15.7. The molecule has 0 radical (unpaired) electrons. The first-order chi connectivity index (χ1) is 8.16. The Bertz CT molecular complexity index is 260. The number of rotatable bonds is 3. The molecule has 2 heterocycles. The topological polar surface area (TPSA) is 41.6 Å². The molecule has 5 heteroatoms. The summed E-state index contributed by atoms with van der Waals surface area (Å²) in [6, 6.07) is 0. The Morgan fingerprint density at radius 2 is 1.83 bits per heavy atom. The van der Waals surface area contributed by atoms with Crippen LogP contribution in [-0.2, 0) is 9.53 Å². The number of ether oxygens (including phenoxy) is 1. The van der Waals surface area contributed by atoms with Gasteiger partial charge in [0, 0.05) is 13.1 Å². The standard InChI is InChI=1S/C13H24N2O2.ClH/c1-10(2)17-9-13(16)15-5-3-11-7-14-8-12(11)4-6-15;/h10-12,14H,3-9H2,1-2H3;1H/t11-,12+;. The highest BCUT2D eigenvalue weighted by atomic mass is 35.5. The van der Waals surface area contributed by atoms with Crippen LogP contribution in [-0.4, -0.2) is 49.7 Å². The summed E-state index contributed by atoms with van der Waals surface area (Å²) in [6.07, 6.45) is 2.42. The van der Waals surface area contributed by atoms with E-state index in [0.717, 1.165) is 50.9 Å². The molecule has 2 atom stereocenters. The van der Waals surface area contributed by atoms with Crippen LogP contribution in [0.5, 0.6) is 0 Å². The van der Waals surface area contributed by atoms with Gasteiger partial charge in [-0.15, -0.1) is 12.4 Å². The molecule has 1 N–H and O–H groups in total. The number of hydrogen-bond acceptors (Lipinski definition) is 3. The monoisotopic (exact) mass is 276 g/mol. The molecular formula is C13H25ClN2O2. The van der Waals surface area contributed by atoms with E-state index < -0.39 is 0 Å². The predicted molar refractivity (Wildman–Crippen MR) is 74.0 cm³/mol. The Kier molecular flexibility index (Phi) is 6.39. The highest BCUT2D eigenvalue weighted by Gasteiger charge is 2.31. The second-order valence-corrected chi connectivity index (χ2v) is 5.50. The van der Waals surface area contributed by atoms with E-state index in [2.05, 4.69) is 5.32 Å². The number of nitrogens with one attached hydrogen (secondary N) is 1. The number of amides is 1. The largest absolute Gasteiger partial charge is 0.369 e. The van der Waals surface area contributed by atoms with E-state index in [1.54, 1.807) is 0 Å². The third-order valence-electron chi connectivity index (χ3n) is 3.91. The van der Waals surface area contributed by atoms with Crippen molar-refractivity contribution in [1.82, 2.24) is 10.2 Å². The molecule has 2 aliphatic rings. The lowest BCUT2D eigenvalue weighted by atomic mass is 9.92. The molecule has 0 aromatic heterocycles. The fourth-order valence-electron chi connectivity index (χ4n) is 2.80. The van der Waals surface area contributed by atoms with Gasteiger partial charge in [0.2, 0.25) is 5.91 Å². The molecule has 0 bridgehead atoms. The molecule has 1 amide bonds. The first-order valence-electron chi connectivity index (χ1n) is 6.77. The molecule has 0 unspecified atom stereocenters. The quantitative estimate of drug-likeness (QED) is 0.845. The summed E-state index contributed by atoms with van der Waals surface area (Å²) in [5, 5.41) is 3.45. The third-order valence-corrected chi connectivity index (χ3v) is 3.91. The van der Waals surface area contributed by atoms with Gasteiger partial charge in [-0.3, -0.25) is 4.79 Å². The van der Waals surface area contributed by atoms with Crippen molar-refractivity contribution in [1.29, 1.82) is 0 Å². The molecule has 2 saturated heterocycles. The van der Waals surface area contributed by atoms with E-state index in [0.29, 0.717) is 0 Å². The number of carbonyl (C=O) groups is 1. The van der Waals surface area contributed by atoms with Gasteiger partial charge in [-0.25, -0.2) is 0 Å². The van der Waals surface area contributed by atoms with E-state index in [4.69, 9.17) is 4.74 Å². The fraction of sp³-hybridized carbons (Fsp3) is 0.923. The Labute approximate surface area is 116 Å². The number of carbonyl (C=O) groups excluding carboxylic acids is 1. The molecule has 2 aliphatic heterocycles. The lowest BCUT2D eigenvalue weighted by Gasteiger charge is -2.21. The normalized spacial score (nSPS) is 27.6. The zero-order valence-electron chi connectivity index (χ0n) is 11.4. The molecule has 0 spiro atoms.